The van der Waals surface area contributed by atoms with E-state index in [1.807, 2.05) is 97.9 Å². The van der Waals surface area contributed by atoms with Gasteiger partial charge in [-0.25, -0.2) is 0 Å². The molecule has 33 heavy (non-hydrogen) atoms. The molecule has 4 aromatic rings. The fourth-order valence-corrected chi connectivity index (χ4v) is 4.80. The fourth-order valence-electron chi connectivity index (χ4n) is 3.42. The number of carbonyl (C=O) groups excluding carboxylic acids is 2. The van der Waals surface area contributed by atoms with Crippen LogP contribution in [0.15, 0.2) is 95.9 Å². The van der Waals surface area contributed by atoms with E-state index in [9.17, 15) is 9.59 Å². The standard InChI is InChI=1S/C27H23IN2O2S/c1-2-25(27(32)29-22-14-12-21(28)13-15-22)33-24-9-5-8-23(17-24)30-26(31)20-11-10-18-6-3-4-7-19(18)16-20/h3-17,25H,2H2,1H3,(H,29,32)(H,30,31). The zero-order chi connectivity index (χ0) is 23.2. The number of hydrogen-bond donors (Lipinski definition) is 2. The van der Waals surface area contributed by atoms with E-state index < -0.39 is 0 Å². The molecule has 0 aliphatic rings. The van der Waals surface area contributed by atoms with Crippen LogP contribution in [0.5, 0.6) is 0 Å². The number of halogens is 1. The molecule has 4 rings (SSSR count). The summed E-state index contributed by atoms with van der Waals surface area (Å²) in [5, 5.41) is 7.85. The van der Waals surface area contributed by atoms with Gasteiger partial charge < -0.3 is 10.6 Å². The van der Waals surface area contributed by atoms with Gasteiger partial charge in [-0.3, -0.25) is 9.59 Å². The molecule has 0 heterocycles. The van der Waals surface area contributed by atoms with Gasteiger partial charge in [0.1, 0.15) is 0 Å². The third-order valence-electron chi connectivity index (χ3n) is 5.16. The summed E-state index contributed by atoms with van der Waals surface area (Å²) in [6, 6.07) is 29.0. The number of thioether (sulfide) groups is 1. The summed E-state index contributed by atoms with van der Waals surface area (Å²) in [6.45, 7) is 2.00. The SMILES string of the molecule is CCC(Sc1cccc(NC(=O)c2ccc3ccccc3c2)c1)C(=O)Nc1ccc(I)cc1. The zero-order valence-corrected chi connectivity index (χ0v) is 21.0. The molecule has 0 aromatic heterocycles. The summed E-state index contributed by atoms with van der Waals surface area (Å²) >= 11 is 3.73. The van der Waals surface area contributed by atoms with E-state index in [2.05, 4.69) is 33.2 Å². The smallest absolute Gasteiger partial charge is 0.255 e. The molecule has 0 radical (unpaired) electrons. The van der Waals surface area contributed by atoms with E-state index in [-0.39, 0.29) is 17.1 Å². The summed E-state index contributed by atoms with van der Waals surface area (Å²) in [5.41, 5.74) is 2.09. The van der Waals surface area contributed by atoms with Crippen LogP contribution in [0.4, 0.5) is 11.4 Å². The molecule has 166 valence electrons. The quantitative estimate of drug-likeness (QED) is 0.184. The molecule has 4 nitrogen and oxygen atoms in total. The number of carbonyl (C=O) groups is 2. The van der Waals surface area contributed by atoms with Crippen molar-refractivity contribution in [3.8, 4) is 0 Å². The first-order valence-electron chi connectivity index (χ1n) is 10.6. The zero-order valence-electron chi connectivity index (χ0n) is 18.0. The molecule has 0 aliphatic heterocycles. The topological polar surface area (TPSA) is 58.2 Å². The van der Waals surface area contributed by atoms with Crippen LogP contribution in [-0.4, -0.2) is 17.1 Å². The van der Waals surface area contributed by atoms with Crippen LogP contribution in [0.1, 0.15) is 23.7 Å². The van der Waals surface area contributed by atoms with Crippen LogP contribution >= 0.6 is 34.4 Å². The lowest BCUT2D eigenvalue weighted by Crippen LogP contribution is -2.24. The van der Waals surface area contributed by atoms with E-state index in [1.165, 1.54) is 11.8 Å². The summed E-state index contributed by atoms with van der Waals surface area (Å²) in [4.78, 5) is 26.5. The molecular formula is C27H23IN2O2S. The Morgan fingerprint density at radius 3 is 2.33 bits per heavy atom. The minimum absolute atomic E-state index is 0.0330. The lowest BCUT2D eigenvalue weighted by atomic mass is 10.1. The third-order valence-corrected chi connectivity index (χ3v) is 7.23. The van der Waals surface area contributed by atoms with Gasteiger partial charge in [-0.05, 0) is 94.4 Å². The number of nitrogens with one attached hydrogen (secondary N) is 2. The third kappa shape index (κ3) is 6.15. The van der Waals surface area contributed by atoms with E-state index in [0.29, 0.717) is 17.7 Å². The van der Waals surface area contributed by atoms with Crippen LogP contribution in [0.25, 0.3) is 10.8 Å². The monoisotopic (exact) mass is 566 g/mol. The highest BCUT2D eigenvalue weighted by atomic mass is 127. The fraction of sp³-hybridized carbons (Fsp3) is 0.111. The highest BCUT2D eigenvalue weighted by Crippen LogP contribution is 2.29. The Morgan fingerprint density at radius 2 is 1.58 bits per heavy atom. The molecule has 6 heteroatoms. The molecule has 2 amide bonds. The number of rotatable bonds is 7. The largest absolute Gasteiger partial charge is 0.325 e. The second kappa shape index (κ2) is 10.9. The minimum Gasteiger partial charge on any atom is -0.325 e. The molecule has 0 fully saturated rings. The molecule has 1 atom stereocenters. The Morgan fingerprint density at radius 1 is 0.818 bits per heavy atom. The van der Waals surface area contributed by atoms with Crippen molar-refractivity contribution in [2.24, 2.45) is 0 Å². The van der Waals surface area contributed by atoms with Crippen LogP contribution in [0.2, 0.25) is 0 Å². The number of benzene rings is 4. The molecule has 0 bridgehead atoms. The predicted molar refractivity (Wildman–Crippen MR) is 146 cm³/mol. The number of anilines is 2. The van der Waals surface area contributed by atoms with Gasteiger partial charge in [0, 0.05) is 25.4 Å². The highest BCUT2D eigenvalue weighted by molar-refractivity contribution is 14.1. The van der Waals surface area contributed by atoms with Crippen molar-refractivity contribution in [1.82, 2.24) is 0 Å². The van der Waals surface area contributed by atoms with Gasteiger partial charge in [0.05, 0.1) is 5.25 Å². The molecule has 0 saturated heterocycles. The lowest BCUT2D eigenvalue weighted by molar-refractivity contribution is -0.115. The van der Waals surface area contributed by atoms with Gasteiger partial charge in [-0.2, -0.15) is 0 Å². The average Bonchev–Trinajstić information content (AvgIpc) is 2.83. The van der Waals surface area contributed by atoms with Gasteiger partial charge in [-0.15, -0.1) is 11.8 Å². The Labute approximate surface area is 211 Å². The van der Waals surface area contributed by atoms with Crippen molar-refractivity contribution >= 4 is 68.3 Å². The van der Waals surface area contributed by atoms with Crippen LogP contribution in [0, 0.1) is 3.57 Å². The molecular weight excluding hydrogens is 543 g/mol. The van der Waals surface area contributed by atoms with Gasteiger partial charge in [0.15, 0.2) is 0 Å². The molecule has 0 saturated carbocycles. The van der Waals surface area contributed by atoms with Crippen LogP contribution in [-0.2, 0) is 4.79 Å². The Hall–Kier alpha value is -2.84. The average molecular weight is 566 g/mol. The van der Waals surface area contributed by atoms with Crippen molar-refractivity contribution in [2.45, 2.75) is 23.5 Å². The number of hydrogen-bond acceptors (Lipinski definition) is 3. The van der Waals surface area contributed by atoms with Gasteiger partial charge >= 0.3 is 0 Å². The molecule has 0 aliphatic carbocycles. The first-order chi connectivity index (χ1) is 16.0. The first-order valence-corrected chi connectivity index (χ1v) is 12.6. The predicted octanol–water partition coefficient (Wildman–Crippen LogP) is 7.21. The highest BCUT2D eigenvalue weighted by Gasteiger charge is 2.18. The van der Waals surface area contributed by atoms with Crippen LogP contribution < -0.4 is 10.6 Å². The molecule has 2 N–H and O–H groups in total. The normalized spacial score (nSPS) is 11.7. The molecule has 4 aromatic carbocycles. The summed E-state index contributed by atoms with van der Waals surface area (Å²) < 4.78 is 1.12. The Balaban J connectivity index is 1.43. The minimum atomic E-state index is -0.240. The maximum Gasteiger partial charge on any atom is 0.255 e. The van der Waals surface area contributed by atoms with Crippen molar-refractivity contribution < 1.29 is 9.59 Å². The molecule has 1 unspecified atom stereocenters. The second-order valence-electron chi connectivity index (χ2n) is 7.55. The maximum absolute atomic E-state index is 12.8. The van der Waals surface area contributed by atoms with E-state index in [0.717, 1.165) is 24.9 Å². The first kappa shape index (κ1) is 23.3. The Bertz CT molecular complexity index is 1290. The van der Waals surface area contributed by atoms with Crippen LogP contribution in [0.3, 0.4) is 0 Å². The van der Waals surface area contributed by atoms with Gasteiger partial charge in [-0.1, -0.05) is 43.3 Å². The van der Waals surface area contributed by atoms with E-state index >= 15 is 0 Å². The summed E-state index contributed by atoms with van der Waals surface area (Å²) in [6.07, 6.45) is 0.689. The van der Waals surface area contributed by atoms with E-state index in [4.69, 9.17) is 0 Å². The maximum atomic E-state index is 12.8. The molecule has 0 spiro atoms. The van der Waals surface area contributed by atoms with Gasteiger partial charge in [0.25, 0.3) is 5.91 Å². The van der Waals surface area contributed by atoms with Crippen molar-refractivity contribution in [3.05, 3.63) is 100 Å². The van der Waals surface area contributed by atoms with Crippen molar-refractivity contribution in [1.29, 1.82) is 0 Å². The summed E-state index contributed by atoms with van der Waals surface area (Å²) in [7, 11) is 0. The van der Waals surface area contributed by atoms with Crippen molar-refractivity contribution in [3.63, 3.8) is 0 Å². The summed E-state index contributed by atoms with van der Waals surface area (Å²) in [5.74, 6) is -0.194. The van der Waals surface area contributed by atoms with E-state index in [1.54, 1.807) is 0 Å². The van der Waals surface area contributed by atoms with Gasteiger partial charge in [0.2, 0.25) is 5.91 Å². The second-order valence-corrected chi connectivity index (χ2v) is 10.1. The number of fused-ring (bicyclic) bond motifs is 1. The van der Waals surface area contributed by atoms with Crippen molar-refractivity contribution in [2.75, 3.05) is 10.6 Å². The number of amides is 2. The Kier molecular flexibility index (Phi) is 7.67. The lowest BCUT2D eigenvalue weighted by Gasteiger charge is -2.15.